The Kier molecular flexibility index (Phi) is 3.38. The van der Waals surface area contributed by atoms with Crippen molar-refractivity contribution >= 4 is 11.0 Å². The van der Waals surface area contributed by atoms with Crippen LogP contribution in [-0.2, 0) is 11.3 Å². The number of fused-ring (bicyclic) bond motifs is 1. The lowest BCUT2D eigenvalue weighted by molar-refractivity contribution is 0.174. The van der Waals surface area contributed by atoms with Crippen LogP contribution in [0.1, 0.15) is 56.1 Å². The van der Waals surface area contributed by atoms with Crippen molar-refractivity contribution in [3.63, 3.8) is 0 Å². The van der Waals surface area contributed by atoms with Gasteiger partial charge in [-0.05, 0) is 44.6 Å². The summed E-state index contributed by atoms with van der Waals surface area (Å²) in [5.74, 6) is 2.33. The van der Waals surface area contributed by atoms with Crippen LogP contribution in [0.3, 0.4) is 0 Å². The van der Waals surface area contributed by atoms with Gasteiger partial charge in [0.25, 0.3) is 5.89 Å². The minimum atomic E-state index is 0.338. The second kappa shape index (κ2) is 5.62. The highest BCUT2D eigenvalue weighted by atomic mass is 16.5. The molecule has 0 spiro atoms. The third-order valence-electron chi connectivity index (χ3n) is 5.24. The summed E-state index contributed by atoms with van der Waals surface area (Å²) in [6.45, 7) is 2.57. The van der Waals surface area contributed by atoms with Gasteiger partial charge in [-0.2, -0.15) is 10.1 Å². The minimum absolute atomic E-state index is 0.338. The highest BCUT2D eigenvalue weighted by molar-refractivity contribution is 5.90. The summed E-state index contributed by atoms with van der Waals surface area (Å²) in [7, 11) is 1.62. The van der Waals surface area contributed by atoms with Crippen molar-refractivity contribution in [2.75, 3.05) is 7.11 Å². The molecule has 2 aliphatic carbocycles. The molecule has 2 aliphatic rings. The Bertz CT molecular complexity index is 923. The molecule has 7 nitrogen and oxygen atoms in total. The van der Waals surface area contributed by atoms with E-state index in [4.69, 9.17) is 14.2 Å². The van der Waals surface area contributed by atoms with Crippen LogP contribution in [0, 0.1) is 5.92 Å². The molecule has 25 heavy (non-hydrogen) atoms. The van der Waals surface area contributed by atoms with Crippen molar-refractivity contribution < 1.29 is 9.26 Å². The molecule has 3 aromatic heterocycles. The number of aromatic nitrogens is 5. The molecular formula is C18H21N5O2. The van der Waals surface area contributed by atoms with Crippen molar-refractivity contribution in [2.45, 2.75) is 51.2 Å². The largest absolute Gasteiger partial charge is 0.377 e. The first-order valence-corrected chi connectivity index (χ1v) is 8.94. The topological polar surface area (TPSA) is 78.9 Å². The van der Waals surface area contributed by atoms with Gasteiger partial charge in [0.15, 0.2) is 11.5 Å². The molecule has 0 saturated heterocycles. The van der Waals surface area contributed by atoms with Crippen molar-refractivity contribution in [1.29, 1.82) is 0 Å². The van der Waals surface area contributed by atoms with Crippen LogP contribution >= 0.6 is 0 Å². The van der Waals surface area contributed by atoms with E-state index < -0.39 is 0 Å². The lowest BCUT2D eigenvalue weighted by atomic mass is 10.1. The highest BCUT2D eigenvalue weighted by Crippen LogP contribution is 2.43. The van der Waals surface area contributed by atoms with E-state index in [2.05, 4.69) is 32.9 Å². The third-order valence-corrected chi connectivity index (χ3v) is 5.24. The van der Waals surface area contributed by atoms with E-state index >= 15 is 0 Å². The summed E-state index contributed by atoms with van der Waals surface area (Å²) in [6.07, 6.45) is 6.84. The fourth-order valence-corrected chi connectivity index (χ4v) is 3.43. The molecule has 130 valence electrons. The average Bonchev–Trinajstić information content (AvgIpc) is 3.54. The van der Waals surface area contributed by atoms with E-state index in [9.17, 15) is 0 Å². The third kappa shape index (κ3) is 2.63. The number of hydrogen-bond donors (Lipinski definition) is 0. The molecule has 0 aromatic carbocycles. The quantitative estimate of drug-likeness (QED) is 0.684. The SMILES string of the molecule is COCc1noc(-c2cc(C3CC3)nc3c2cnn3C(C)C2CC2)n1. The van der Waals surface area contributed by atoms with Crippen LogP contribution in [0.5, 0.6) is 0 Å². The number of rotatable bonds is 6. The highest BCUT2D eigenvalue weighted by Gasteiger charge is 2.32. The molecule has 3 aromatic rings. The van der Waals surface area contributed by atoms with Crippen LogP contribution in [0.15, 0.2) is 16.8 Å². The monoisotopic (exact) mass is 339 g/mol. The zero-order chi connectivity index (χ0) is 17.0. The Labute approximate surface area is 145 Å². The van der Waals surface area contributed by atoms with Gasteiger partial charge >= 0.3 is 0 Å². The summed E-state index contributed by atoms with van der Waals surface area (Å²) >= 11 is 0. The van der Waals surface area contributed by atoms with E-state index in [0.29, 0.717) is 30.3 Å². The van der Waals surface area contributed by atoms with Crippen molar-refractivity contribution in [3.8, 4) is 11.5 Å². The summed E-state index contributed by atoms with van der Waals surface area (Å²) in [5.41, 5.74) is 2.97. The van der Waals surface area contributed by atoms with Gasteiger partial charge in [0.1, 0.15) is 6.61 Å². The van der Waals surface area contributed by atoms with Crippen LogP contribution in [0.2, 0.25) is 0 Å². The van der Waals surface area contributed by atoms with E-state index in [1.807, 2.05) is 6.20 Å². The van der Waals surface area contributed by atoms with E-state index in [-0.39, 0.29) is 0 Å². The second-order valence-corrected chi connectivity index (χ2v) is 7.22. The molecule has 2 saturated carbocycles. The molecule has 1 unspecified atom stereocenters. The summed E-state index contributed by atoms with van der Waals surface area (Å²) < 4.78 is 12.7. The predicted molar refractivity (Wildman–Crippen MR) is 90.9 cm³/mol. The summed E-state index contributed by atoms with van der Waals surface area (Å²) in [4.78, 5) is 9.42. The van der Waals surface area contributed by atoms with Gasteiger partial charge in [0.05, 0.1) is 23.2 Å². The molecule has 0 N–H and O–H groups in total. The molecule has 5 rings (SSSR count). The molecule has 2 fully saturated rings. The molecule has 0 aliphatic heterocycles. The van der Waals surface area contributed by atoms with Gasteiger partial charge in [-0.3, -0.25) is 0 Å². The lowest BCUT2D eigenvalue weighted by Crippen LogP contribution is -2.10. The predicted octanol–water partition coefficient (Wildman–Crippen LogP) is 3.48. The standard InChI is InChI=1S/C18H21N5O2/c1-10(11-3-4-11)23-17-14(8-19-23)13(7-15(20-17)12-5-6-12)18-21-16(9-24-2)22-25-18/h7-8,10-12H,3-6,9H2,1-2H3. The molecule has 3 heterocycles. The van der Waals surface area contributed by atoms with Crippen molar-refractivity contribution in [2.24, 2.45) is 5.92 Å². The maximum atomic E-state index is 5.49. The first-order chi connectivity index (χ1) is 12.2. The molecule has 0 radical (unpaired) electrons. The van der Waals surface area contributed by atoms with E-state index in [1.54, 1.807) is 7.11 Å². The Morgan fingerprint density at radius 1 is 1.28 bits per heavy atom. The Balaban J connectivity index is 1.65. The van der Waals surface area contributed by atoms with E-state index in [1.165, 1.54) is 25.7 Å². The lowest BCUT2D eigenvalue weighted by Gasteiger charge is -2.12. The smallest absolute Gasteiger partial charge is 0.258 e. The molecule has 0 amide bonds. The molecular weight excluding hydrogens is 318 g/mol. The zero-order valence-electron chi connectivity index (χ0n) is 14.5. The minimum Gasteiger partial charge on any atom is -0.377 e. The van der Waals surface area contributed by atoms with Crippen molar-refractivity contribution in [3.05, 3.63) is 23.8 Å². The zero-order valence-corrected chi connectivity index (χ0v) is 14.5. The van der Waals surface area contributed by atoms with E-state index in [0.717, 1.165) is 28.2 Å². The maximum Gasteiger partial charge on any atom is 0.258 e. The van der Waals surface area contributed by atoms with Crippen LogP contribution in [0.4, 0.5) is 0 Å². The molecule has 7 heteroatoms. The fourth-order valence-electron chi connectivity index (χ4n) is 3.43. The van der Waals surface area contributed by atoms with Gasteiger partial charge in [-0.25, -0.2) is 9.67 Å². The molecule has 1 atom stereocenters. The van der Waals surface area contributed by atoms with Gasteiger partial charge in [0.2, 0.25) is 0 Å². The first-order valence-electron chi connectivity index (χ1n) is 8.94. The number of ether oxygens (including phenoxy) is 1. The number of hydrogen-bond acceptors (Lipinski definition) is 6. The normalized spacial score (nSPS) is 18.8. The van der Waals surface area contributed by atoms with Gasteiger partial charge in [0, 0.05) is 18.7 Å². The number of pyridine rings is 1. The Hall–Kier alpha value is -2.28. The Morgan fingerprint density at radius 2 is 2.12 bits per heavy atom. The summed E-state index contributed by atoms with van der Waals surface area (Å²) in [6, 6.07) is 2.47. The first kappa shape index (κ1) is 15.0. The molecule has 0 bridgehead atoms. The fraction of sp³-hybridized carbons (Fsp3) is 0.556. The van der Waals surface area contributed by atoms with Gasteiger partial charge in [-0.15, -0.1) is 0 Å². The van der Waals surface area contributed by atoms with Crippen LogP contribution < -0.4 is 0 Å². The van der Waals surface area contributed by atoms with Crippen molar-refractivity contribution in [1.82, 2.24) is 24.9 Å². The average molecular weight is 339 g/mol. The maximum absolute atomic E-state index is 5.49. The van der Waals surface area contributed by atoms with Gasteiger partial charge < -0.3 is 9.26 Å². The Morgan fingerprint density at radius 3 is 2.84 bits per heavy atom. The van der Waals surface area contributed by atoms with Crippen LogP contribution in [-0.4, -0.2) is 32.0 Å². The summed E-state index contributed by atoms with van der Waals surface area (Å²) in [5, 5.41) is 9.62. The number of methoxy groups -OCH3 is 1. The van der Waals surface area contributed by atoms with Gasteiger partial charge in [-0.1, -0.05) is 5.16 Å². The number of nitrogens with zero attached hydrogens (tertiary/aromatic N) is 5. The second-order valence-electron chi connectivity index (χ2n) is 7.22. The van der Waals surface area contributed by atoms with Crippen LogP contribution in [0.25, 0.3) is 22.5 Å².